The average Bonchev–Trinajstić information content (AvgIpc) is 3.17. The van der Waals surface area contributed by atoms with Gasteiger partial charge in [0.1, 0.15) is 17.7 Å². The Bertz CT molecular complexity index is 1390. The van der Waals surface area contributed by atoms with Crippen LogP contribution in [0.1, 0.15) is 19.3 Å². The molecule has 14 heteroatoms. The molecule has 2 aliphatic rings. The molecule has 1 unspecified atom stereocenters. The highest BCUT2D eigenvalue weighted by molar-refractivity contribution is 7.86. The summed E-state index contributed by atoms with van der Waals surface area (Å²) in [5.74, 6) is -1.83. The molecule has 2 aliphatic heterocycles. The minimum absolute atomic E-state index is 0.0115. The second-order valence-corrected chi connectivity index (χ2v) is 12.2. The van der Waals surface area contributed by atoms with Gasteiger partial charge in [0.05, 0.1) is 36.0 Å². The normalized spacial score (nSPS) is 19.4. The van der Waals surface area contributed by atoms with Crippen LogP contribution in [0.15, 0.2) is 36.4 Å². The van der Waals surface area contributed by atoms with E-state index < -0.39 is 55.9 Å². The first-order valence-electron chi connectivity index (χ1n) is 11.4. The first kappa shape index (κ1) is 27.2. The lowest BCUT2D eigenvalue weighted by Gasteiger charge is -2.33. The molecule has 0 spiro atoms. The fraction of sp³-hybridized carbons (Fsp3) is 0.435. The van der Waals surface area contributed by atoms with Gasteiger partial charge in [-0.1, -0.05) is 6.07 Å². The van der Waals surface area contributed by atoms with Gasteiger partial charge >= 0.3 is 6.09 Å². The monoisotopic (exact) mass is 560 g/mol. The first-order chi connectivity index (χ1) is 17.3. The summed E-state index contributed by atoms with van der Waals surface area (Å²) in [6.45, 7) is 0.787. The van der Waals surface area contributed by atoms with Crippen LogP contribution in [-0.2, 0) is 29.2 Å². The van der Waals surface area contributed by atoms with Crippen LogP contribution in [0.25, 0.3) is 11.1 Å². The zero-order valence-corrected chi connectivity index (χ0v) is 21.5. The lowest BCUT2D eigenvalue weighted by molar-refractivity contribution is 0.139. The average molecular weight is 561 g/mol. The summed E-state index contributed by atoms with van der Waals surface area (Å²) in [6.07, 6.45) is -0.275. The molecule has 4 rings (SSSR count). The van der Waals surface area contributed by atoms with Crippen molar-refractivity contribution in [1.82, 2.24) is 0 Å². The summed E-state index contributed by atoms with van der Waals surface area (Å²) in [6, 6.07) is 8.32. The number of halogens is 2. The third-order valence-corrected chi connectivity index (χ3v) is 7.56. The highest BCUT2D eigenvalue weighted by Crippen LogP contribution is 2.33. The third kappa shape index (κ3) is 6.94. The number of carbonyl (C=O) groups is 1. The molecule has 1 atom stereocenters. The van der Waals surface area contributed by atoms with Gasteiger partial charge in [0.2, 0.25) is 0 Å². The Morgan fingerprint density at radius 1 is 1.05 bits per heavy atom. The predicted octanol–water partition coefficient (Wildman–Crippen LogP) is 3.18. The summed E-state index contributed by atoms with van der Waals surface area (Å²) in [5, 5.41) is 0. The Morgan fingerprint density at radius 2 is 1.76 bits per heavy atom. The smallest absolute Gasteiger partial charge is 0.414 e. The maximum absolute atomic E-state index is 15.0. The summed E-state index contributed by atoms with van der Waals surface area (Å²) in [7, 11) is -7.77. The van der Waals surface area contributed by atoms with Crippen molar-refractivity contribution in [2.75, 3.05) is 41.4 Å². The van der Waals surface area contributed by atoms with Gasteiger partial charge in [-0.05, 0) is 48.7 Å². The zero-order chi connectivity index (χ0) is 27.0. The van der Waals surface area contributed by atoms with Crippen molar-refractivity contribution in [2.24, 2.45) is 0 Å². The fourth-order valence-corrected chi connectivity index (χ4v) is 5.69. The van der Waals surface area contributed by atoms with Crippen LogP contribution in [-0.4, -0.2) is 71.3 Å². The quantitative estimate of drug-likeness (QED) is 0.382. The Balaban J connectivity index is 1.44. The highest BCUT2D eigenvalue weighted by atomic mass is 32.2. The summed E-state index contributed by atoms with van der Waals surface area (Å²) >= 11 is 0. The number of rotatable bonds is 8. The number of cyclic esters (lactones) is 1. The van der Waals surface area contributed by atoms with E-state index >= 15 is 0 Å². The molecule has 0 radical (unpaired) electrons. The Kier molecular flexibility index (Phi) is 7.74. The summed E-state index contributed by atoms with van der Waals surface area (Å²) in [5.41, 5.74) is 0.909. The van der Waals surface area contributed by atoms with Gasteiger partial charge in [-0.15, -0.1) is 0 Å². The van der Waals surface area contributed by atoms with Crippen molar-refractivity contribution in [3.63, 3.8) is 0 Å². The van der Waals surface area contributed by atoms with E-state index in [9.17, 15) is 30.4 Å². The van der Waals surface area contributed by atoms with Crippen LogP contribution in [0.2, 0.25) is 0 Å². The second-order valence-electron chi connectivity index (χ2n) is 9.01. The van der Waals surface area contributed by atoms with E-state index in [0.717, 1.165) is 17.2 Å². The van der Waals surface area contributed by atoms with E-state index in [1.54, 1.807) is 11.0 Å². The number of benzene rings is 2. The maximum atomic E-state index is 15.0. The van der Waals surface area contributed by atoms with Crippen LogP contribution >= 0.6 is 0 Å². The largest absolute Gasteiger partial charge is 0.444 e. The standard InChI is InChI=1S/C23H26F2N2O8S2/c1-36(29,30)35-17-6-9-26(10-7-17)22-5-2-15(12-21(22)25)19-4-3-16(13-20(19)24)27-14-18(34-23(27)28)8-11-37(31,32)33/h2-5,12-13,17-18H,6-11,14H2,1H3,(H,31,32,33). The number of carbonyl (C=O) groups excluding carboxylic acids is 1. The van der Waals surface area contributed by atoms with Gasteiger partial charge in [-0.25, -0.2) is 13.6 Å². The number of ether oxygens (including phenoxy) is 1. The van der Waals surface area contributed by atoms with Crippen molar-refractivity contribution < 1.29 is 43.9 Å². The number of hydrogen-bond donors (Lipinski definition) is 1. The molecule has 0 saturated carbocycles. The highest BCUT2D eigenvalue weighted by Gasteiger charge is 2.33. The minimum atomic E-state index is -4.21. The fourth-order valence-electron chi connectivity index (χ4n) is 4.44. The SMILES string of the molecule is CS(=O)(=O)OC1CCN(c2ccc(-c3ccc(N4CC(CCS(=O)(=O)O)OC4=O)cc3F)cc2F)CC1. The van der Waals surface area contributed by atoms with Gasteiger partial charge in [0, 0.05) is 25.1 Å². The maximum Gasteiger partial charge on any atom is 0.414 e. The van der Waals surface area contributed by atoms with Crippen LogP contribution in [0.3, 0.4) is 0 Å². The van der Waals surface area contributed by atoms with E-state index in [0.29, 0.717) is 31.6 Å². The molecule has 0 bridgehead atoms. The molecule has 2 fully saturated rings. The van der Waals surface area contributed by atoms with Crippen LogP contribution < -0.4 is 9.80 Å². The van der Waals surface area contributed by atoms with Crippen LogP contribution in [0.5, 0.6) is 0 Å². The van der Waals surface area contributed by atoms with Gasteiger partial charge in [-0.3, -0.25) is 13.6 Å². The van der Waals surface area contributed by atoms with Crippen molar-refractivity contribution in [1.29, 1.82) is 0 Å². The lowest BCUT2D eigenvalue weighted by Crippen LogP contribution is -2.38. The van der Waals surface area contributed by atoms with Gasteiger partial charge in [0.15, 0.2) is 0 Å². The van der Waals surface area contributed by atoms with Crippen LogP contribution in [0, 0.1) is 11.6 Å². The zero-order valence-electron chi connectivity index (χ0n) is 19.8. The lowest BCUT2D eigenvalue weighted by atomic mass is 10.0. The molecule has 1 amide bonds. The van der Waals surface area contributed by atoms with E-state index in [1.807, 2.05) is 0 Å². The Labute approximate surface area is 213 Å². The molecule has 0 aromatic heterocycles. The summed E-state index contributed by atoms with van der Waals surface area (Å²) < 4.78 is 93.4. The van der Waals surface area contributed by atoms with Crippen molar-refractivity contribution in [2.45, 2.75) is 31.5 Å². The first-order valence-corrected chi connectivity index (χ1v) is 14.9. The number of hydrogen-bond acceptors (Lipinski definition) is 8. The topological polar surface area (TPSA) is 131 Å². The van der Waals surface area contributed by atoms with Crippen molar-refractivity contribution in [3.8, 4) is 11.1 Å². The molecule has 202 valence electrons. The Morgan fingerprint density at radius 3 is 2.35 bits per heavy atom. The molecule has 1 N–H and O–H groups in total. The molecular weight excluding hydrogens is 534 g/mol. The van der Waals surface area contributed by atoms with E-state index in [1.165, 1.54) is 24.3 Å². The van der Waals surface area contributed by atoms with E-state index in [4.69, 9.17) is 13.5 Å². The molecule has 0 aliphatic carbocycles. The van der Waals surface area contributed by atoms with Gasteiger partial charge in [-0.2, -0.15) is 16.8 Å². The number of amides is 1. The molecule has 37 heavy (non-hydrogen) atoms. The third-order valence-electron chi connectivity index (χ3n) is 6.19. The van der Waals surface area contributed by atoms with E-state index in [2.05, 4.69) is 0 Å². The number of nitrogens with zero attached hydrogens (tertiary/aromatic N) is 2. The van der Waals surface area contributed by atoms with Crippen LogP contribution in [0.4, 0.5) is 25.0 Å². The molecule has 2 heterocycles. The second kappa shape index (κ2) is 10.5. The van der Waals surface area contributed by atoms with Gasteiger partial charge < -0.3 is 9.64 Å². The minimum Gasteiger partial charge on any atom is -0.444 e. The van der Waals surface area contributed by atoms with Gasteiger partial charge in [0.25, 0.3) is 20.2 Å². The van der Waals surface area contributed by atoms with Crippen molar-refractivity contribution in [3.05, 3.63) is 48.0 Å². The molecule has 10 nitrogen and oxygen atoms in total. The number of piperidine rings is 1. The van der Waals surface area contributed by atoms with E-state index in [-0.39, 0.29) is 29.8 Å². The molecule has 2 aromatic rings. The summed E-state index contributed by atoms with van der Waals surface area (Å²) in [4.78, 5) is 15.1. The Hall–Kier alpha value is -2.81. The number of anilines is 2. The molecule has 2 saturated heterocycles. The molecular formula is C23H26F2N2O8S2. The molecule has 2 aromatic carbocycles. The van der Waals surface area contributed by atoms with Crippen molar-refractivity contribution >= 4 is 37.7 Å². The predicted molar refractivity (Wildman–Crippen MR) is 132 cm³/mol.